The minimum absolute atomic E-state index is 0.0648. The van der Waals surface area contributed by atoms with Crippen LogP contribution in [0.15, 0.2) is 5.16 Å². The number of carbonyl (C=O) groups excluding carboxylic acids is 1. The summed E-state index contributed by atoms with van der Waals surface area (Å²) in [6, 6.07) is 0. The first kappa shape index (κ1) is 7.86. The number of nitrogens with zero attached hydrogens (tertiary/aromatic N) is 2. The molecule has 0 fully saturated rings. The molecule has 0 radical (unpaired) electrons. The van der Waals surface area contributed by atoms with E-state index in [2.05, 4.69) is 9.55 Å². The molecule has 3 nitrogen and oxygen atoms in total. The van der Waals surface area contributed by atoms with Crippen molar-refractivity contribution >= 4 is 17.5 Å². The van der Waals surface area contributed by atoms with Crippen LogP contribution in [0.5, 0.6) is 0 Å². The third-order valence-corrected chi connectivity index (χ3v) is 3.02. The van der Waals surface area contributed by atoms with E-state index in [9.17, 15) is 4.79 Å². The summed E-state index contributed by atoms with van der Waals surface area (Å²) >= 11 is 1.72. The van der Waals surface area contributed by atoms with Gasteiger partial charge in [-0.25, -0.2) is 4.98 Å². The molecule has 4 heteroatoms. The van der Waals surface area contributed by atoms with Gasteiger partial charge in [0, 0.05) is 24.9 Å². The van der Waals surface area contributed by atoms with Crippen molar-refractivity contribution in [1.29, 1.82) is 0 Å². The average Bonchev–Trinajstić information content (AvgIpc) is 2.53. The van der Waals surface area contributed by atoms with Gasteiger partial charge in [-0.1, -0.05) is 11.8 Å². The first-order valence-electron chi connectivity index (χ1n) is 3.91. The Hall–Kier alpha value is -0.770. The van der Waals surface area contributed by atoms with Gasteiger partial charge in [0.2, 0.25) is 0 Å². The topological polar surface area (TPSA) is 34.9 Å². The molecule has 0 aliphatic carbocycles. The Labute approximate surface area is 75.2 Å². The molecule has 64 valence electrons. The van der Waals surface area contributed by atoms with Gasteiger partial charge in [0.15, 0.2) is 10.9 Å². The van der Waals surface area contributed by atoms with E-state index in [4.69, 9.17) is 0 Å². The highest BCUT2D eigenvalue weighted by molar-refractivity contribution is 7.99. The smallest absolute Gasteiger partial charge is 0.180 e. The fourth-order valence-electron chi connectivity index (χ4n) is 1.44. The molecular formula is C8H10N2OS. The highest BCUT2D eigenvalue weighted by Gasteiger charge is 2.20. The maximum absolute atomic E-state index is 11.1. The Bertz CT molecular complexity index is 343. The standard InChI is InChI=1S/C8H10N2OS/c1-5-7(6(2)11)9-8-10(5)3-4-12-8/h3-4H2,1-2H3. The lowest BCUT2D eigenvalue weighted by molar-refractivity contribution is 0.101. The number of imidazole rings is 1. The lowest BCUT2D eigenvalue weighted by Gasteiger charge is -1.97. The number of thioether (sulfide) groups is 1. The van der Waals surface area contributed by atoms with Crippen molar-refractivity contribution in [3.8, 4) is 0 Å². The lowest BCUT2D eigenvalue weighted by atomic mass is 10.2. The molecule has 2 rings (SSSR count). The summed E-state index contributed by atoms with van der Waals surface area (Å²) in [4.78, 5) is 15.4. The van der Waals surface area contributed by atoms with E-state index in [1.165, 1.54) is 0 Å². The zero-order chi connectivity index (χ0) is 8.72. The quantitative estimate of drug-likeness (QED) is 0.617. The van der Waals surface area contributed by atoms with Crippen molar-refractivity contribution in [2.75, 3.05) is 5.75 Å². The molecule has 1 aliphatic rings. The van der Waals surface area contributed by atoms with Gasteiger partial charge in [0.1, 0.15) is 5.69 Å². The number of carbonyl (C=O) groups is 1. The third-order valence-electron chi connectivity index (χ3n) is 2.07. The number of fused-ring (bicyclic) bond motifs is 1. The van der Waals surface area contributed by atoms with Crippen molar-refractivity contribution in [1.82, 2.24) is 9.55 Å². The molecule has 0 saturated heterocycles. The Kier molecular flexibility index (Phi) is 1.72. The molecule has 12 heavy (non-hydrogen) atoms. The summed E-state index contributed by atoms with van der Waals surface area (Å²) in [7, 11) is 0. The van der Waals surface area contributed by atoms with Crippen molar-refractivity contribution in [2.45, 2.75) is 25.5 Å². The van der Waals surface area contributed by atoms with Gasteiger partial charge >= 0.3 is 0 Å². The SMILES string of the molecule is CC(=O)c1nc2n(c1C)CCS2. The Morgan fingerprint density at radius 3 is 3.00 bits per heavy atom. The van der Waals surface area contributed by atoms with Crippen molar-refractivity contribution < 1.29 is 4.79 Å². The Morgan fingerprint density at radius 2 is 2.42 bits per heavy atom. The van der Waals surface area contributed by atoms with Crippen LogP contribution in [0.1, 0.15) is 23.1 Å². The molecule has 1 aliphatic heterocycles. The highest BCUT2D eigenvalue weighted by Crippen LogP contribution is 2.27. The number of aromatic nitrogens is 2. The number of ketones is 1. The molecule has 1 aromatic heterocycles. The summed E-state index contributed by atoms with van der Waals surface area (Å²) in [5.74, 6) is 1.15. The zero-order valence-corrected chi connectivity index (χ0v) is 7.94. The number of hydrogen-bond acceptors (Lipinski definition) is 3. The molecule has 2 heterocycles. The second-order valence-corrected chi connectivity index (χ2v) is 3.95. The van der Waals surface area contributed by atoms with E-state index in [0.29, 0.717) is 5.69 Å². The van der Waals surface area contributed by atoms with Crippen LogP contribution in [-0.2, 0) is 6.54 Å². The molecule has 0 bridgehead atoms. The number of hydrogen-bond donors (Lipinski definition) is 0. The van der Waals surface area contributed by atoms with Crippen LogP contribution in [-0.4, -0.2) is 21.1 Å². The van der Waals surface area contributed by atoms with Gasteiger partial charge in [-0.2, -0.15) is 0 Å². The van der Waals surface area contributed by atoms with E-state index < -0.39 is 0 Å². The van der Waals surface area contributed by atoms with Gasteiger partial charge in [-0.3, -0.25) is 4.79 Å². The minimum atomic E-state index is 0.0648. The van der Waals surface area contributed by atoms with Crippen LogP contribution >= 0.6 is 11.8 Å². The predicted molar refractivity (Wildman–Crippen MR) is 47.7 cm³/mol. The van der Waals surface area contributed by atoms with Crippen LogP contribution in [0.2, 0.25) is 0 Å². The minimum Gasteiger partial charge on any atom is -0.322 e. The highest BCUT2D eigenvalue weighted by atomic mass is 32.2. The second-order valence-electron chi connectivity index (χ2n) is 2.88. The van der Waals surface area contributed by atoms with E-state index >= 15 is 0 Å². The molecule has 0 amide bonds. The number of rotatable bonds is 1. The van der Waals surface area contributed by atoms with Crippen molar-refractivity contribution in [2.24, 2.45) is 0 Å². The van der Waals surface area contributed by atoms with Crippen LogP contribution in [0.3, 0.4) is 0 Å². The Morgan fingerprint density at radius 1 is 1.67 bits per heavy atom. The van der Waals surface area contributed by atoms with Gasteiger partial charge < -0.3 is 4.57 Å². The molecule has 0 atom stereocenters. The maximum atomic E-state index is 11.1. The normalized spacial score (nSPS) is 14.8. The van der Waals surface area contributed by atoms with Crippen molar-refractivity contribution in [3.63, 3.8) is 0 Å². The summed E-state index contributed by atoms with van der Waals surface area (Å²) in [6.45, 7) is 4.51. The summed E-state index contributed by atoms with van der Waals surface area (Å²) in [6.07, 6.45) is 0. The van der Waals surface area contributed by atoms with Gasteiger partial charge in [-0.05, 0) is 6.92 Å². The molecule has 0 unspecified atom stereocenters. The molecular weight excluding hydrogens is 172 g/mol. The number of Topliss-reactive ketones (excluding diaryl/α,β-unsaturated/α-hetero) is 1. The van der Waals surface area contributed by atoms with Crippen LogP contribution in [0, 0.1) is 6.92 Å². The van der Waals surface area contributed by atoms with Gasteiger partial charge in [0.25, 0.3) is 0 Å². The summed E-state index contributed by atoms with van der Waals surface area (Å²) in [5.41, 5.74) is 1.65. The summed E-state index contributed by atoms with van der Waals surface area (Å²) in [5, 5.41) is 0.998. The molecule has 1 aromatic rings. The molecule has 0 N–H and O–H groups in total. The van der Waals surface area contributed by atoms with E-state index in [1.807, 2.05) is 6.92 Å². The molecule has 0 aromatic carbocycles. The first-order valence-corrected chi connectivity index (χ1v) is 4.89. The van der Waals surface area contributed by atoms with Crippen LogP contribution in [0.4, 0.5) is 0 Å². The van der Waals surface area contributed by atoms with E-state index in [0.717, 1.165) is 23.1 Å². The maximum Gasteiger partial charge on any atom is 0.180 e. The molecule has 0 spiro atoms. The zero-order valence-electron chi connectivity index (χ0n) is 7.13. The largest absolute Gasteiger partial charge is 0.322 e. The molecule has 0 saturated carbocycles. The monoisotopic (exact) mass is 182 g/mol. The van der Waals surface area contributed by atoms with Gasteiger partial charge in [-0.15, -0.1) is 0 Å². The predicted octanol–water partition coefficient (Wildman–Crippen LogP) is 1.50. The lowest BCUT2D eigenvalue weighted by Crippen LogP contribution is -2.00. The third kappa shape index (κ3) is 0.982. The van der Waals surface area contributed by atoms with Crippen LogP contribution in [0.25, 0.3) is 0 Å². The Balaban J connectivity index is 2.54. The average molecular weight is 182 g/mol. The van der Waals surface area contributed by atoms with Gasteiger partial charge in [0.05, 0.1) is 0 Å². The fourth-order valence-corrected chi connectivity index (χ4v) is 2.44. The van der Waals surface area contributed by atoms with Crippen molar-refractivity contribution in [3.05, 3.63) is 11.4 Å². The van der Waals surface area contributed by atoms with E-state index in [1.54, 1.807) is 18.7 Å². The fraction of sp³-hybridized carbons (Fsp3) is 0.500. The van der Waals surface area contributed by atoms with Crippen LogP contribution < -0.4 is 0 Å². The second kappa shape index (κ2) is 2.62. The van der Waals surface area contributed by atoms with E-state index in [-0.39, 0.29) is 5.78 Å². The summed E-state index contributed by atoms with van der Waals surface area (Å²) < 4.78 is 2.11. The first-order chi connectivity index (χ1) is 5.70.